The fourth-order valence-corrected chi connectivity index (χ4v) is 3.69. The fraction of sp³-hybridized carbons (Fsp3) is 0.455. The number of nitrogens with one attached hydrogen (secondary N) is 3. The summed E-state index contributed by atoms with van der Waals surface area (Å²) in [5.74, 6) is -0.113. The first kappa shape index (κ1) is 23.4. The molecule has 1 aliphatic rings. The number of likely N-dealkylation sites (tertiary alicyclic amines) is 1. The maximum atomic E-state index is 13.1. The number of hydroxylamine groups is 1. The predicted octanol–water partition coefficient (Wildman–Crippen LogP) is 0.517. The molecule has 0 atom stereocenters. The largest absolute Gasteiger partial charge is 0.348 e. The monoisotopic (exact) mass is 442 g/mol. The van der Waals surface area contributed by atoms with Gasteiger partial charge in [-0.3, -0.25) is 19.2 Å². The van der Waals surface area contributed by atoms with E-state index in [1.165, 1.54) is 0 Å². The number of amides is 3. The zero-order valence-electron chi connectivity index (χ0n) is 18.2. The van der Waals surface area contributed by atoms with Crippen molar-refractivity contribution in [2.75, 3.05) is 26.2 Å². The highest BCUT2D eigenvalue weighted by atomic mass is 16.7. The number of aryl methyl sites for hydroxylation is 1. The van der Waals surface area contributed by atoms with Gasteiger partial charge in [-0.1, -0.05) is 19.1 Å². The Morgan fingerprint density at radius 1 is 1.22 bits per heavy atom. The number of nitrogens with two attached hydrogens (primary N) is 1. The van der Waals surface area contributed by atoms with E-state index in [-0.39, 0.29) is 37.4 Å². The van der Waals surface area contributed by atoms with Crippen LogP contribution in [0.3, 0.4) is 0 Å². The molecule has 1 fully saturated rings. The Morgan fingerprint density at radius 3 is 2.53 bits per heavy atom. The van der Waals surface area contributed by atoms with Crippen molar-refractivity contribution in [1.82, 2.24) is 25.7 Å². The molecule has 1 saturated heterocycles. The van der Waals surface area contributed by atoms with Crippen LogP contribution in [0.1, 0.15) is 41.5 Å². The number of aromatic amines is 1. The van der Waals surface area contributed by atoms with Crippen LogP contribution in [-0.4, -0.2) is 58.8 Å². The molecule has 10 nitrogen and oxygen atoms in total. The summed E-state index contributed by atoms with van der Waals surface area (Å²) in [6.07, 6.45) is 4.96. The average molecular weight is 443 g/mol. The van der Waals surface area contributed by atoms with E-state index in [9.17, 15) is 14.4 Å². The third kappa shape index (κ3) is 5.71. The summed E-state index contributed by atoms with van der Waals surface area (Å²) in [4.78, 5) is 51.7. The van der Waals surface area contributed by atoms with E-state index in [2.05, 4.69) is 20.8 Å². The first-order valence-corrected chi connectivity index (χ1v) is 10.7. The lowest BCUT2D eigenvalue weighted by molar-refractivity contribution is -0.145. The second-order valence-electron chi connectivity index (χ2n) is 7.85. The average Bonchev–Trinajstić information content (AvgIpc) is 3.36. The van der Waals surface area contributed by atoms with E-state index < -0.39 is 5.41 Å². The molecule has 0 radical (unpaired) electrons. The third-order valence-electron chi connectivity index (χ3n) is 5.84. The molecule has 5 N–H and O–H groups in total. The number of benzene rings is 1. The van der Waals surface area contributed by atoms with Crippen LogP contribution in [0.15, 0.2) is 36.7 Å². The summed E-state index contributed by atoms with van der Waals surface area (Å²) >= 11 is 0. The molecule has 1 aliphatic heterocycles. The smallest absolute Gasteiger partial charge is 0.274 e. The van der Waals surface area contributed by atoms with Gasteiger partial charge in [0.1, 0.15) is 5.82 Å². The number of H-pyrrole nitrogens is 1. The summed E-state index contributed by atoms with van der Waals surface area (Å²) < 4.78 is 0. The lowest BCUT2D eigenvalue weighted by Gasteiger charge is -2.40. The van der Waals surface area contributed by atoms with Gasteiger partial charge < -0.3 is 20.9 Å². The molecule has 0 saturated carbocycles. The summed E-state index contributed by atoms with van der Waals surface area (Å²) in [6, 6.07) is 7.26. The Hall–Kier alpha value is -3.24. The van der Waals surface area contributed by atoms with Gasteiger partial charge in [-0.2, -0.15) is 0 Å². The summed E-state index contributed by atoms with van der Waals surface area (Å²) in [5.41, 5.74) is 8.62. The molecule has 0 bridgehead atoms. The Morgan fingerprint density at radius 2 is 1.94 bits per heavy atom. The fourth-order valence-electron chi connectivity index (χ4n) is 3.69. The van der Waals surface area contributed by atoms with Gasteiger partial charge in [-0.25, -0.2) is 10.5 Å². The lowest BCUT2D eigenvalue weighted by atomic mass is 9.78. The van der Waals surface area contributed by atoms with Gasteiger partial charge in [0.15, 0.2) is 0 Å². The third-order valence-corrected chi connectivity index (χ3v) is 5.84. The van der Waals surface area contributed by atoms with Crippen LogP contribution < -0.4 is 16.5 Å². The zero-order chi connectivity index (χ0) is 23.0. The first-order chi connectivity index (χ1) is 15.5. The summed E-state index contributed by atoms with van der Waals surface area (Å²) in [7, 11) is 0. The highest BCUT2D eigenvalue weighted by molar-refractivity contribution is 5.93. The quantitative estimate of drug-likeness (QED) is 0.417. The zero-order valence-corrected chi connectivity index (χ0v) is 18.2. The molecule has 3 rings (SSSR count). The highest BCUT2D eigenvalue weighted by Gasteiger charge is 2.43. The Labute approximate surface area is 186 Å². The molecule has 172 valence electrons. The van der Waals surface area contributed by atoms with Gasteiger partial charge in [0.05, 0.1) is 25.1 Å². The van der Waals surface area contributed by atoms with Crippen LogP contribution in [0.2, 0.25) is 0 Å². The molecule has 0 aliphatic carbocycles. The van der Waals surface area contributed by atoms with E-state index >= 15 is 0 Å². The van der Waals surface area contributed by atoms with Crippen LogP contribution >= 0.6 is 0 Å². The minimum Gasteiger partial charge on any atom is -0.348 e. The molecule has 2 heterocycles. The molecule has 1 aromatic heterocycles. The number of hydrogen-bond acceptors (Lipinski definition) is 6. The van der Waals surface area contributed by atoms with Crippen LogP contribution in [0.5, 0.6) is 0 Å². The molecular formula is C22H30N6O4. The minimum atomic E-state index is -0.892. The molecule has 2 aromatic rings. The molecular weight excluding hydrogens is 412 g/mol. The van der Waals surface area contributed by atoms with Crippen LogP contribution in [0.4, 0.5) is 0 Å². The number of carbonyl (C=O) groups excluding carboxylic acids is 3. The lowest BCUT2D eigenvalue weighted by Crippen LogP contribution is -2.53. The summed E-state index contributed by atoms with van der Waals surface area (Å²) in [5, 5.41) is 2.88. The molecule has 3 amide bonds. The molecule has 0 unspecified atom stereocenters. The van der Waals surface area contributed by atoms with Crippen molar-refractivity contribution >= 4 is 17.7 Å². The van der Waals surface area contributed by atoms with Crippen molar-refractivity contribution in [3.63, 3.8) is 0 Å². The van der Waals surface area contributed by atoms with E-state index in [4.69, 9.17) is 10.6 Å². The van der Waals surface area contributed by atoms with Gasteiger partial charge in [0.25, 0.3) is 5.91 Å². The van der Waals surface area contributed by atoms with E-state index in [0.29, 0.717) is 37.3 Å². The number of imidazole rings is 1. The molecule has 0 spiro atoms. The van der Waals surface area contributed by atoms with Gasteiger partial charge in [-0.15, -0.1) is 0 Å². The first-order valence-electron chi connectivity index (χ1n) is 10.7. The van der Waals surface area contributed by atoms with Crippen molar-refractivity contribution in [3.05, 3.63) is 53.6 Å². The normalized spacial score (nSPS) is 15.2. The second kappa shape index (κ2) is 10.9. The van der Waals surface area contributed by atoms with Crippen molar-refractivity contribution in [1.29, 1.82) is 0 Å². The molecule has 32 heavy (non-hydrogen) atoms. The number of carbonyl (C=O) groups is 3. The van der Waals surface area contributed by atoms with Crippen LogP contribution in [0, 0.1) is 5.41 Å². The van der Waals surface area contributed by atoms with Crippen LogP contribution in [-0.2, 0) is 27.4 Å². The maximum absolute atomic E-state index is 13.1. The van der Waals surface area contributed by atoms with Crippen LogP contribution in [0.25, 0.3) is 0 Å². The maximum Gasteiger partial charge on any atom is 0.274 e. The van der Waals surface area contributed by atoms with Gasteiger partial charge in [0.2, 0.25) is 11.8 Å². The van der Waals surface area contributed by atoms with Gasteiger partial charge in [-0.05, 0) is 37.0 Å². The minimum absolute atomic E-state index is 0.0135. The molecule has 1 aromatic carbocycles. The van der Waals surface area contributed by atoms with E-state index in [1.807, 2.05) is 19.1 Å². The Balaban J connectivity index is 1.61. The van der Waals surface area contributed by atoms with Gasteiger partial charge >= 0.3 is 0 Å². The highest BCUT2D eigenvalue weighted by Crippen LogP contribution is 2.32. The van der Waals surface area contributed by atoms with Crippen molar-refractivity contribution in [3.8, 4) is 0 Å². The summed E-state index contributed by atoms with van der Waals surface area (Å²) in [6.45, 7) is 2.98. The van der Waals surface area contributed by atoms with Crippen molar-refractivity contribution in [2.45, 2.75) is 32.7 Å². The van der Waals surface area contributed by atoms with E-state index in [1.54, 1.807) is 29.4 Å². The van der Waals surface area contributed by atoms with Gasteiger partial charge in [0, 0.05) is 31.0 Å². The number of hydrogen-bond donors (Lipinski definition) is 4. The number of aromatic nitrogens is 2. The topological polar surface area (TPSA) is 142 Å². The molecule has 10 heteroatoms. The number of rotatable bonds is 9. The number of piperidine rings is 1. The van der Waals surface area contributed by atoms with E-state index in [0.717, 1.165) is 12.0 Å². The van der Waals surface area contributed by atoms with Crippen molar-refractivity contribution < 1.29 is 19.2 Å². The Kier molecular flexibility index (Phi) is 7.96. The standard InChI is InChI=1S/C22H30N6O4/c1-2-16-3-5-17(6-4-16)20(30)27-32-15-22(7-11-28(12-8-22)19(29)13-23)21(31)26-14-18-24-9-10-25-18/h3-6,9-10H,2,7-8,11-15,23H2,1H3,(H,24,25)(H,26,31)(H,27,30). The SMILES string of the molecule is CCc1ccc(C(=O)NOCC2(C(=O)NCc3ncc[nH]3)CCN(C(=O)CN)CC2)cc1. The second-order valence-corrected chi connectivity index (χ2v) is 7.85. The predicted molar refractivity (Wildman–Crippen MR) is 117 cm³/mol. The Bertz CT molecular complexity index is 905. The number of nitrogens with zero attached hydrogens (tertiary/aromatic N) is 2. The van der Waals surface area contributed by atoms with Crippen molar-refractivity contribution in [2.24, 2.45) is 11.1 Å².